The quantitative estimate of drug-likeness (QED) is 0.601. The van der Waals surface area contributed by atoms with Crippen molar-refractivity contribution in [3.8, 4) is 0 Å². The summed E-state index contributed by atoms with van der Waals surface area (Å²) in [5, 5.41) is 23.2. The van der Waals surface area contributed by atoms with Crippen LogP contribution in [0.15, 0.2) is 18.2 Å². The van der Waals surface area contributed by atoms with E-state index in [-0.39, 0.29) is 16.5 Å². The van der Waals surface area contributed by atoms with Gasteiger partial charge in [0.25, 0.3) is 5.69 Å². The summed E-state index contributed by atoms with van der Waals surface area (Å²) in [7, 11) is 0. The van der Waals surface area contributed by atoms with Crippen molar-refractivity contribution in [1.82, 2.24) is 5.32 Å². The van der Waals surface area contributed by atoms with E-state index in [0.717, 1.165) is 11.1 Å². The number of rotatable bonds is 6. The Morgan fingerprint density at radius 1 is 1.39 bits per heavy atom. The number of hydrogen-bond donors (Lipinski definition) is 2. The van der Waals surface area contributed by atoms with E-state index >= 15 is 0 Å². The molecule has 0 bridgehead atoms. The Morgan fingerprint density at radius 3 is 2.56 bits per heavy atom. The summed E-state index contributed by atoms with van der Waals surface area (Å²) in [4.78, 5) is 10.7. The minimum absolute atomic E-state index is 0.130. The van der Waals surface area contributed by atoms with Gasteiger partial charge in [0.05, 0.1) is 11.0 Å². The predicted molar refractivity (Wildman–Crippen MR) is 70.6 cm³/mol. The first-order valence-electron chi connectivity index (χ1n) is 6.07. The summed E-state index contributed by atoms with van der Waals surface area (Å²) in [6.07, 6.45) is -0.421. The van der Waals surface area contributed by atoms with E-state index in [4.69, 9.17) is 5.11 Å². The smallest absolute Gasteiger partial charge is 0.273 e. The lowest BCUT2D eigenvalue weighted by Gasteiger charge is -2.10. The van der Waals surface area contributed by atoms with Crippen molar-refractivity contribution in [2.45, 2.75) is 39.3 Å². The molecule has 0 heterocycles. The van der Waals surface area contributed by atoms with Gasteiger partial charge in [-0.05, 0) is 18.4 Å². The van der Waals surface area contributed by atoms with Crippen LogP contribution in [0.25, 0.3) is 0 Å². The molecule has 0 aliphatic carbocycles. The van der Waals surface area contributed by atoms with E-state index in [0.29, 0.717) is 13.1 Å². The van der Waals surface area contributed by atoms with Gasteiger partial charge in [-0.2, -0.15) is 0 Å². The largest absolute Gasteiger partial charge is 0.392 e. The van der Waals surface area contributed by atoms with Crippen molar-refractivity contribution < 1.29 is 10.0 Å². The molecule has 1 atom stereocenters. The van der Waals surface area contributed by atoms with Gasteiger partial charge in [0.2, 0.25) is 0 Å². The van der Waals surface area contributed by atoms with Crippen LogP contribution in [0.5, 0.6) is 0 Å². The molecule has 2 N–H and O–H groups in total. The third kappa shape index (κ3) is 4.09. The molecule has 18 heavy (non-hydrogen) atoms. The van der Waals surface area contributed by atoms with Crippen LogP contribution in [-0.4, -0.2) is 22.7 Å². The standard InChI is InChI=1S/C13H20N2O3/c1-9(2)12-5-4-11(6-13(12)15(17)18)8-14-7-10(3)16/h4-6,9-10,14,16H,7-8H2,1-3H3. The van der Waals surface area contributed by atoms with Gasteiger partial charge in [0.15, 0.2) is 0 Å². The van der Waals surface area contributed by atoms with Crippen molar-refractivity contribution in [3.63, 3.8) is 0 Å². The number of hydrogen-bond acceptors (Lipinski definition) is 4. The fourth-order valence-electron chi connectivity index (χ4n) is 1.77. The first kappa shape index (κ1) is 14.6. The molecule has 0 radical (unpaired) electrons. The van der Waals surface area contributed by atoms with Gasteiger partial charge in [-0.15, -0.1) is 0 Å². The SMILES string of the molecule is CC(O)CNCc1ccc(C(C)C)c([N+](=O)[O-])c1. The zero-order chi connectivity index (χ0) is 13.7. The highest BCUT2D eigenvalue weighted by Crippen LogP contribution is 2.27. The van der Waals surface area contributed by atoms with Gasteiger partial charge in [0, 0.05) is 24.7 Å². The maximum Gasteiger partial charge on any atom is 0.273 e. The highest BCUT2D eigenvalue weighted by atomic mass is 16.6. The Bertz CT molecular complexity index is 417. The van der Waals surface area contributed by atoms with Gasteiger partial charge in [0.1, 0.15) is 0 Å². The normalized spacial score (nSPS) is 12.7. The van der Waals surface area contributed by atoms with Crippen LogP contribution in [0.3, 0.4) is 0 Å². The zero-order valence-electron chi connectivity index (χ0n) is 11.0. The molecule has 5 nitrogen and oxygen atoms in total. The lowest BCUT2D eigenvalue weighted by molar-refractivity contribution is -0.385. The Kier molecular flexibility index (Phi) is 5.25. The molecule has 0 aliphatic heterocycles. The molecule has 0 saturated carbocycles. The van der Waals surface area contributed by atoms with Crippen molar-refractivity contribution >= 4 is 5.69 Å². The summed E-state index contributed by atoms with van der Waals surface area (Å²) >= 11 is 0. The molecule has 1 unspecified atom stereocenters. The summed E-state index contributed by atoms with van der Waals surface area (Å²) in [5.41, 5.74) is 1.77. The second-order valence-electron chi connectivity index (χ2n) is 4.78. The predicted octanol–water partition coefficient (Wildman–Crippen LogP) is 2.19. The summed E-state index contributed by atoms with van der Waals surface area (Å²) in [6, 6.07) is 5.30. The van der Waals surface area contributed by atoms with Gasteiger partial charge in [-0.25, -0.2) is 0 Å². The molecule has 0 aliphatic rings. The zero-order valence-corrected chi connectivity index (χ0v) is 11.0. The van der Waals surface area contributed by atoms with Gasteiger partial charge in [-0.1, -0.05) is 26.0 Å². The lowest BCUT2D eigenvalue weighted by atomic mass is 9.99. The molecular formula is C13H20N2O3. The van der Waals surface area contributed by atoms with Gasteiger partial charge >= 0.3 is 0 Å². The molecule has 0 amide bonds. The summed E-state index contributed by atoms with van der Waals surface area (Å²) in [5.74, 6) is 0.130. The molecular weight excluding hydrogens is 232 g/mol. The maximum absolute atomic E-state index is 11.0. The van der Waals surface area contributed by atoms with Crippen LogP contribution >= 0.6 is 0 Å². The van der Waals surface area contributed by atoms with E-state index in [1.165, 1.54) is 0 Å². The van der Waals surface area contributed by atoms with Crippen molar-refractivity contribution in [3.05, 3.63) is 39.4 Å². The third-order valence-electron chi connectivity index (χ3n) is 2.68. The highest BCUT2D eigenvalue weighted by Gasteiger charge is 2.16. The Balaban J connectivity index is 2.83. The highest BCUT2D eigenvalue weighted by molar-refractivity contribution is 5.45. The lowest BCUT2D eigenvalue weighted by Crippen LogP contribution is -2.23. The molecule has 0 saturated heterocycles. The number of nitrogens with one attached hydrogen (secondary N) is 1. The van der Waals surface area contributed by atoms with Crippen LogP contribution in [0, 0.1) is 10.1 Å². The fraction of sp³-hybridized carbons (Fsp3) is 0.538. The molecule has 0 fully saturated rings. The topological polar surface area (TPSA) is 75.4 Å². The van der Waals surface area contributed by atoms with Gasteiger partial charge in [-0.3, -0.25) is 10.1 Å². The van der Waals surface area contributed by atoms with E-state index in [1.807, 2.05) is 26.0 Å². The van der Waals surface area contributed by atoms with E-state index in [9.17, 15) is 10.1 Å². The van der Waals surface area contributed by atoms with Crippen LogP contribution < -0.4 is 5.32 Å². The van der Waals surface area contributed by atoms with E-state index in [1.54, 1.807) is 13.0 Å². The van der Waals surface area contributed by atoms with E-state index < -0.39 is 6.10 Å². The Morgan fingerprint density at radius 2 is 2.06 bits per heavy atom. The minimum atomic E-state index is -0.421. The molecule has 5 heteroatoms. The number of nitro groups is 1. The third-order valence-corrected chi connectivity index (χ3v) is 2.68. The van der Waals surface area contributed by atoms with Crippen LogP contribution in [0.1, 0.15) is 37.8 Å². The van der Waals surface area contributed by atoms with Crippen LogP contribution in [0.4, 0.5) is 5.69 Å². The van der Waals surface area contributed by atoms with Gasteiger partial charge < -0.3 is 10.4 Å². The fourth-order valence-corrected chi connectivity index (χ4v) is 1.77. The summed E-state index contributed by atoms with van der Waals surface area (Å²) < 4.78 is 0. The van der Waals surface area contributed by atoms with Crippen molar-refractivity contribution in [2.24, 2.45) is 0 Å². The number of nitrogens with zero attached hydrogens (tertiary/aromatic N) is 1. The van der Waals surface area contributed by atoms with Crippen LogP contribution in [0.2, 0.25) is 0 Å². The van der Waals surface area contributed by atoms with E-state index in [2.05, 4.69) is 5.32 Å². The van der Waals surface area contributed by atoms with Crippen LogP contribution in [-0.2, 0) is 6.54 Å². The minimum Gasteiger partial charge on any atom is -0.392 e. The first-order valence-corrected chi connectivity index (χ1v) is 6.07. The Hall–Kier alpha value is -1.46. The molecule has 1 aromatic carbocycles. The number of benzene rings is 1. The maximum atomic E-state index is 11.0. The summed E-state index contributed by atoms with van der Waals surface area (Å²) in [6.45, 7) is 6.56. The number of aliphatic hydroxyl groups is 1. The molecule has 0 aromatic heterocycles. The van der Waals surface area contributed by atoms with Crippen molar-refractivity contribution in [1.29, 1.82) is 0 Å². The number of aliphatic hydroxyl groups excluding tert-OH is 1. The average molecular weight is 252 g/mol. The first-order chi connectivity index (χ1) is 8.41. The second-order valence-corrected chi connectivity index (χ2v) is 4.78. The monoisotopic (exact) mass is 252 g/mol. The second kappa shape index (κ2) is 6.47. The number of nitro benzene ring substituents is 1. The molecule has 1 aromatic rings. The average Bonchev–Trinajstić information content (AvgIpc) is 2.28. The molecule has 1 rings (SSSR count). The molecule has 100 valence electrons. The Labute approximate surface area is 107 Å². The molecule has 0 spiro atoms. The van der Waals surface area contributed by atoms with Crippen molar-refractivity contribution in [2.75, 3.05) is 6.54 Å².